The Bertz CT molecular complexity index is 1220. The van der Waals surface area contributed by atoms with E-state index in [2.05, 4.69) is 31.2 Å². The van der Waals surface area contributed by atoms with Crippen LogP contribution in [0.4, 0.5) is 14.4 Å². The Hall–Kier alpha value is -3.83. The number of hydrogen-bond acceptors (Lipinski definition) is 11. The molecule has 2 aromatic rings. The van der Waals surface area contributed by atoms with Crippen LogP contribution in [0.3, 0.4) is 0 Å². The maximum Gasteiger partial charge on any atom is 0.514 e. The summed E-state index contributed by atoms with van der Waals surface area (Å²) in [7, 11) is 2.35. The molecule has 0 N–H and O–H groups in total. The minimum Gasteiger partial charge on any atom is -0.438 e. The number of hydrogen-bond donors (Lipinski definition) is 0. The molecular formula is C28H30O11. The molecule has 0 unspecified atom stereocenters. The molecule has 5 rings (SSSR count). The third kappa shape index (κ3) is 5.50. The minimum atomic E-state index is -1.64. The van der Waals surface area contributed by atoms with Crippen LogP contribution in [0.2, 0.25) is 0 Å². The van der Waals surface area contributed by atoms with Crippen LogP contribution in [-0.2, 0) is 63.1 Å². The Morgan fingerprint density at radius 2 is 1.62 bits per heavy atom. The van der Waals surface area contributed by atoms with E-state index in [4.69, 9.17) is 37.9 Å². The SMILES string of the molecule is CCc1ccc(Cc2ccc3c(c2)[C@]2(OC3)O[C@H](CC3OC(=O)O3)C[C@H](OC(=O)OC)[C@H]2OC(=O)OC)cc1. The van der Waals surface area contributed by atoms with Crippen LogP contribution >= 0.6 is 0 Å². The number of methoxy groups -OCH3 is 2. The maximum atomic E-state index is 12.3. The molecule has 11 heteroatoms. The normalized spacial score (nSPS) is 25.6. The molecule has 1 spiro atoms. The van der Waals surface area contributed by atoms with Crippen LogP contribution < -0.4 is 0 Å². The first kappa shape index (κ1) is 26.8. The summed E-state index contributed by atoms with van der Waals surface area (Å²) >= 11 is 0. The first-order chi connectivity index (χ1) is 18.8. The first-order valence-electron chi connectivity index (χ1n) is 12.7. The number of carbonyl (C=O) groups excluding carboxylic acids is 3. The van der Waals surface area contributed by atoms with Gasteiger partial charge < -0.3 is 37.9 Å². The van der Waals surface area contributed by atoms with Crippen molar-refractivity contribution in [2.24, 2.45) is 0 Å². The third-order valence-corrected chi connectivity index (χ3v) is 7.10. The second kappa shape index (κ2) is 11.1. The summed E-state index contributed by atoms with van der Waals surface area (Å²) in [5, 5.41) is 0. The zero-order valence-electron chi connectivity index (χ0n) is 21.9. The topological polar surface area (TPSA) is 125 Å². The Kier molecular flexibility index (Phi) is 7.62. The fraction of sp³-hybridized carbons (Fsp3) is 0.464. The smallest absolute Gasteiger partial charge is 0.438 e. The van der Waals surface area contributed by atoms with Gasteiger partial charge in [0, 0.05) is 18.4 Å². The highest BCUT2D eigenvalue weighted by Crippen LogP contribution is 2.49. The van der Waals surface area contributed by atoms with Gasteiger partial charge in [-0.3, -0.25) is 0 Å². The highest BCUT2D eigenvalue weighted by molar-refractivity contribution is 5.64. The first-order valence-corrected chi connectivity index (χ1v) is 12.7. The van der Waals surface area contributed by atoms with Crippen LogP contribution in [0.1, 0.15) is 47.6 Å². The molecule has 4 atom stereocenters. The Morgan fingerprint density at radius 1 is 0.949 bits per heavy atom. The lowest BCUT2D eigenvalue weighted by molar-refractivity contribution is -0.352. The standard InChI is InChI=1S/C28H30O11/c1-4-16-5-7-17(8-6-16)11-18-9-10-19-15-34-28(21(19)12-18)24(38-26(30)33-3)22(35-25(29)32-2)13-20(39-28)14-23-36-27(31)37-23/h5-10,12,20,22-24H,4,11,13-15H2,1-3H3/t20-,22-,24+,28-/m0/s1. The summed E-state index contributed by atoms with van der Waals surface area (Å²) in [4.78, 5) is 35.7. The number of aryl methyl sites for hydroxylation is 1. The van der Waals surface area contributed by atoms with Crippen molar-refractivity contribution in [3.63, 3.8) is 0 Å². The van der Waals surface area contributed by atoms with E-state index in [0.717, 1.165) is 23.1 Å². The predicted molar refractivity (Wildman–Crippen MR) is 132 cm³/mol. The Morgan fingerprint density at radius 3 is 2.28 bits per heavy atom. The quantitative estimate of drug-likeness (QED) is 0.363. The molecule has 0 aliphatic carbocycles. The Balaban J connectivity index is 1.51. The molecule has 208 valence electrons. The zero-order chi connectivity index (χ0) is 27.6. The van der Waals surface area contributed by atoms with Gasteiger partial charge in [-0.05, 0) is 41.2 Å². The van der Waals surface area contributed by atoms with Crippen LogP contribution in [0.25, 0.3) is 0 Å². The van der Waals surface area contributed by atoms with Crippen molar-refractivity contribution in [1.29, 1.82) is 0 Å². The molecule has 11 nitrogen and oxygen atoms in total. The fourth-order valence-electron chi connectivity index (χ4n) is 5.16. The molecule has 2 saturated heterocycles. The van der Waals surface area contributed by atoms with Crippen molar-refractivity contribution >= 4 is 18.5 Å². The lowest BCUT2D eigenvalue weighted by Crippen LogP contribution is -2.59. The van der Waals surface area contributed by atoms with Gasteiger partial charge in [0.15, 0.2) is 6.10 Å². The van der Waals surface area contributed by atoms with Crippen molar-refractivity contribution in [2.45, 2.75) is 69.6 Å². The van der Waals surface area contributed by atoms with Gasteiger partial charge in [-0.2, -0.15) is 0 Å². The summed E-state index contributed by atoms with van der Waals surface area (Å²) in [6.07, 6.45) is -4.68. The van der Waals surface area contributed by atoms with E-state index in [0.29, 0.717) is 12.0 Å². The number of rotatable bonds is 7. The van der Waals surface area contributed by atoms with Crippen molar-refractivity contribution in [1.82, 2.24) is 0 Å². The number of benzene rings is 2. The molecule has 0 bridgehead atoms. The molecular weight excluding hydrogens is 512 g/mol. The molecule has 3 aliphatic rings. The van der Waals surface area contributed by atoms with E-state index < -0.39 is 48.9 Å². The lowest BCUT2D eigenvalue weighted by atomic mass is 9.86. The molecule has 0 radical (unpaired) electrons. The van der Waals surface area contributed by atoms with E-state index in [1.165, 1.54) is 19.8 Å². The molecule has 3 aliphatic heterocycles. The monoisotopic (exact) mass is 542 g/mol. The van der Waals surface area contributed by atoms with Crippen molar-refractivity contribution in [2.75, 3.05) is 14.2 Å². The van der Waals surface area contributed by atoms with Gasteiger partial charge >= 0.3 is 18.5 Å². The maximum absolute atomic E-state index is 12.3. The van der Waals surface area contributed by atoms with E-state index in [1.807, 2.05) is 18.2 Å². The van der Waals surface area contributed by atoms with Gasteiger partial charge in [-0.25, -0.2) is 14.4 Å². The minimum absolute atomic E-state index is 0.0814. The summed E-state index contributed by atoms with van der Waals surface area (Å²) in [5.74, 6) is -1.64. The summed E-state index contributed by atoms with van der Waals surface area (Å²) < 4.78 is 43.3. The average Bonchev–Trinajstić information content (AvgIpc) is 3.27. The van der Waals surface area contributed by atoms with Crippen LogP contribution in [0.15, 0.2) is 42.5 Å². The van der Waals surface area contributed by atoms with E-state index in [9.17, 15) is 14.4 Å². The molecule has 0 amide bonds. The van der Waals surface area contributed by atoms with Gasteiger partial charge in [0.2, 0.25) is 11.9 Å². The van der Waals surface area contributed by atoms with E-state index in [1.54, 1.807) is 0 Å². The van der Waals surface area contributed by atoms with Gasteiger partial charge in [-0.1, -0.05) is 43.3 Å². The summed E-state index contributed by atoms with van der Waals surface area (Å²) in [6, 6.07) is 14.3. The number of ether oxygens (including phenoxy) is 8. The van der Waals surface area contributed by atoms with Gasteiger partial charge in [-0.15, -0.1) is 0 Å². The molecule has 2 fully saturated rings. The van der Waals surface area contributed by atoms with Gasteiger partial charge in [0.25, 0.3) is 6.29 Å². The average molecular weight is 543 g/mol. The molecule has 3 heterocycles. The van der Waals surface area contributed by atoms with Crippen LogP contribution in [0.5, 0.6) is 0 Å². The Labute approximate surface area is 225 Å². The van der Waals surface area contributed by atoms with Crippen LogP contribution in [-0.4, -0.2) is 57.3 Å². The van der Waals surface area contributed by atoms with E-state index >= 15 is 0 Å². The number of cyclic esters (lactones) is 2. The van der Waals surface area contributed by atoms with Crippen LogP contribution in [0, 0.1) is 0 Å². The second-order valence-electron chi connectivity index (χ2n) is 9.52. The molecule has 0 aromatic heterocycles. The largest absolute Gasteiger partial charge is 0.514 e. The third-order valence-electron chi connectivity index (χ3n) is 7.10. The summed E-state index contributed by atoms with van der Waals surface area (Å²) in [6.45, 7) is 2.27. The fourth-order valence-corrected chi connectivity index (χ4v) is 5.16. The number of carbonyl (C=O) groups is 3. The highest BCUT2D eigenvalue weighted by Gasteiger charge is 2.60. The highest BCUT2D eigenvalue weighted by atomic mass is 16.9. The zero-order valence-corrected chi connectivity index (χ0v) is 21.9. The molecule has 39 heavy (non-hydrogen) atoms. The van der Waals surface area contributed by atoms with Crippen molar-refractivity contribution < 1.29 is 52.3 Å². The summed E-state index contributed by atoms with van der Waals surface area (Å²) in [5.41, 5.74) is 4.81. The van der Waals surface area contributed by atoms with Gasteiger partial charge in [0.1, 0.15) is 0 Å². The molecule has 0 saturated carbocycles. The molecule has 2 aromatic carbocycles. The predicted octanol–water partition coefficient (Wildman–Crippen LogP) is 4.50. The van der Waals surface area contributed by atoms with E-state index in [-0.39, 0.29) is 19.4 Å². The van der Waals surface area contributed by atoms with Gasteiger partial charge in [0.05, 0.1) is 26.9 Å². The number of fused-ring (bicyclic) bond motifs is 2. The second-order valence-corrected chi connectivity index (χ2v) is 9.52. The lowest BCUT2D eigenvalue weighted by Gasteiger charge is -2.46. The van der Waals surface area contributed by atoms with Crippen molar-refractivity contribution in [3.05, 3.63) is 70.3 Å². The van der Waals surface area contributed by atoms with Crippen molar-refractivity contribution in [3.8, 4) is 0 Å².